The fourth-order valence-electron chi connectivity index (χ4n) is 3.04. The Morgan fingerprint density at radius 2 is 1.80 bits per heavy atom. The Labute approximate surface area is 172 Å². The van der Waals surface area contributed by atoms with Gasteiger partial charge in [0.2, 0.25) is 16.9 Å². The molecule has 1 aromatic carbocycles. The fraction of sp³-hybridized carbons (Fsp3) is 0.238. The second-order valence-electron chi connectivity index (χ2n) is 6.26. The zero-order valence-electron chi connectivity index (χ0n) is 16.8. The first kappa shape index (κ1) is 21.0. The standard InChI is InChI=1S/C21H22N2O7/c1-27-15-8-12(9-16(28-2)20(15)29-3)18(23-17-6-4-5-7-22-17)21-19(26)14(25)10-13(11-24)30-21/h4-10,18,24,26H,11H2,1-3H3,(H,22,23)/p+1/t18-/m0/s1. The third-order valence-corrected chi connectivity index (χ3v) is 4.45. The van der Waals surface area contributed by atoms with Crippen LogP contribution in [-0.4, -0.2) is 31.5 Å². The Morgan fingerprint density at radius 3 is 2.33 bits per heavy atom. The second kappa shape index (κ2) is 9.19. The van der Waals surface area contributed by atoms with Crippen molar-refractivity contribution in [1.82, 2.24) is 0 Å². The predicted octanol–water partition coefficient (Wildman–Crippen LogP) is 1.88. The monoisotopic (exact) mass is 415 g/mol. The van der Waals surface area contributed by atoms with Gasteiger partial charge < -0.3 is 28.8 Å². The van der Waals surface area contributed by atoms with Gasteiger partial charge in [0.1, 0.15) is 12.4 Å². The van der Waals surface area contributed by atoms with Crippen LogP contribution in [0.3, 0.4) is 0 Å². The fourth-order valence-corrected chi connectivity index (χ4v) is 3.04. The summed E-state index contributed by atoms with van der Waals surface area (Å²) in [5.74, 6) is 1.12. The molecule has 1 atom stereocenters. The lowest BCUT2D eigenvalue weighted by Crippen LogP contribution is -2.21. The molecule has 158 valence electrons. The van der Waals surface area contributed by atoms with Gasteiger partial charge in [0.15, 0.2) is 23.3 Å². The minimum Gasteiger partial charge on any atom is -0.502 e. The lowest BCUT2D eigenvalue weighted by molar-refractivity contribution is -0.361. The summed E-state index contributed by atoms with van der Waals surface area (Å²) >= 11 is 0. The zero-order valence-corrected chi connectivity index (χ0v) is 16.8. The van der Waals surface area contributed by atoms with E-state index in [-0.39, 0.29) is 11.5 Å². The number of H-pyrrole nitrogens is 1. The van der Waals surface area contributed by atoms with E-state index < -0.39 is 23.8 Å². The van der Waals surface area contributed by atoms with Crippen LogP contribution in [-0.2, 0) is 6.61 Å². The van der Waals surface area contributed by atoms with Crippen molar-refractivity contribution in [3.8, 4) is 23.0 Å². The number of aromatic nitrogens is 1. The van der Waals surface area contributed by atoms with E-state index in [1.807, 2.05) is 12.1 Å². The number of nitrogens with one attached hydrogen (secondary N) is 2. The van der Waals surface area contributed by atoms with Crippen molar-refractivity contribution >= 4 is 5.82 Å². The van der Waals surface area contributed by atoms with Gasteiger partial charge in [0.25, 0.3) is 5.82 Å². The summed E-state index contributed by atoms with van der Waals surface area (Å²) in [4.78, 5) is 15.3. The lowest BCUT2D eigenvalue weighted by Gasteiger charge is -2.19. The van der Waals surface area contributed by atoms with Crippen LogP contribution < -0.4 is 29.9 Å². The number of aromatic hydroxyl groups is 1. The summed E-state index contributed by atoms with van der Waals surface area (Å²) in [6.07, 6.45) is 1.72. The third-order valence-electron chi connectivity index (χ3n) is 4.45. The molecule has 3 rings (SSSR count). The molecular formula is C21H23N2O7+. The number of aromatic amines is 1. The molecule has 4 N–H and O–H groups in total. The average molecular weight is 415 g/mol. The van der Waals surface area contributed by atoms with Crippen LogP contribution in [0.25, 0.3) is 0 Å². The summed E-state index contributed by atoms with van der Waals surface area (Å²) in [5, 5.41) is 23.1. The number of hydrogen-bond acceptors (Lipinski definition) is 8. The van der Waals surface area contributed by atoms with Gasteiger partial charge in [-0.05, 0) is 18.2 Å². The Morgan fingerprint density at radius 1 is 1.10 bits per heavy atom. The molecule has 2 heterocycles. The molecule has 0 saturated carbocycles. The van der Waals surface area contributed by atoms with Crippen molar-refractivity contribution in [3.05, 3.63) is 69.9 Å². The summed E-state index contributed by atoms with van der Waals surface area (Å²) in [5.41, 5.74) is -0.119. The van der Waals surface area contributed by atoms with Crippen LogP contribution >= 0.6 is 0 Å². The number of rotatable bonds is 8. The summed E-state index contributed by atoms with van der Waals surface area (Å²) in [6, 6.07) is 8.95. The van der Waals surface area contributed by atoms with Crippen LogP contribution in [0.4, 0.5) is 5.82 Å². The first-order chi connectivity index (χ1) is 14.5. The van der Waals surface area contributed by atoms with E-state index in [4.69, 9.17) is 18.6 Å². The molecule has 0 saturated heterocycles. The molecule has 2 aromatic heterocycles. The number of ether oxygens (including phenoxy) is 3. The van der Waals surface area contributed by atoms with E-state index in [0.29, 0.717) is 28.6 Å². The molecule has 0 fully saturated rings. The van der Waals surface area contributed by atoms with Crippen LogP contribution in [0, 0.1) is 0 Å². The highest BCUT2D eigenvalue weighted by Gasteiger charge is 2.30. The van der Waals surface area contributed by atoms with Crippen molar-refractivity contribution in [1.29, 1.82) is 0 Å². The number of aliphatic hydroxyl groups is 1. The van der Waals surface area contributed by atoms with E-state index in [9.17, 15) is 15.0 Å². The normalized spacial score (nSPS) is 11.6. The van der Waals surface area contributed by atoms with Gasteiger partial charge >= 0.3 is 0 Å². The van der Waals surface area contributed by atoms with Crippen molar-refractivity contribution in [3.63, 3.8) is 0 Å². The number of pyridine rings is 1. The molecule has 0 aliphatic carbocycles. The summed E-state index contributed by atoms with van der Waals surface area (Å²) in [7, 11) is 4.46. The summed E-state index contributed by atoms with van der Waals surface area (Å²) in [6.45, 7) is -0.498. The Balaban J connectivity index is 2.23. The van der Waals surface area contributed by atoms with Gasteiger partial charge in [-0.1, -0.05) is 6.07 Å². The molecule has 0 amide bonds. The van der Waals surface area contributed by atoms with Gasteiger partial charge in [-0.3, -0.25) is 10.1 Å². The van der Waals surface area contributed by atoms with Crippen molar-refractivity contribution in [2.45, 2.75) is 12.6 Å². The quantitative estimate of drug-likeness (QED) is 0.509. The van der Waals surface area contributed by atoms with E-state index in [1.165, 1.54) is 21.3 Å². The maximum atomic E-state index is 12.2. The Hall–Kier alpha value is -3.72. The largest absolute Gasteiger partial charge is 0.502 e. The minimum atomic E-state index is -0.837. The Kier molecular flexibility index (Phi) is 6.43. The molecule has 0 aliphatic heterocycles. The lowest BCUT2D eigenvalue weighted by atomic mass is 10.0. The van der Waals surface area contributed by atoms with E-state index in [0.717, 1.165) is 6.07 Å². The number of hydrogen-bond donors (Lipinski definition) is 3. The third kappa shape index (κ3) is 4.15. The van der Waals surface area contributed by atoms with E-state index in [2.05, 4.69) is 10.3 Å². The highest BCUT2D eigenvalue weighted by Crippen LogP contribution is 2.42. The maximum Gasteiger partial charge on any atom is 0.273 e. The van der Waals surface area contributed by atoms with Gasteiger partial charge in [-0.2, -0.15) is 0 Å². The molecule has 0 unspecified atom stereocenters. The number of benzene rings is 1. The van der Waals surface area contributed by atoms with Crippen molar-refractivity contribution in [2.75, 3.05) is 26.6 Å². The SMILES string of the molecule is COc1cc([C@H](Nc2cccc[nH+]2)c2oc(CO)cc(=O)c2O)cc(OC)c1OC. The molecule has 3 aromatic rings. The van der Waals surface area contributed by atoms with Crippen molar-refractivity contribution < 1.29 is 33.8 Å². The molecule has 0 aliphatic rings. The predicted molar refractivity (Wildman–Crippen MR) is 107 cm³/mol. The molecule has 0 radical (unpaired) electrons. The number of methoxy groups -OCH3 is 3. The van der Waals surface area contributed by atoms with Gasteiger partial charge in [-0.15, -0.1) is 0 Å². The summed E-state index contributed by atoms with van der Waals surface area (Å²) < 4.78 is 21.8. The van der Waals surface area contributed by atoms with E-state index >= 15 is 0 Å². The molecule has 9 heteroatoms. The van der Waals surface area contributed by atoms with Crippen molar-refractivity contribution in [2.24, 2.45) is 0 Å². The number of anilines is 1. The molecule has 30 heavy (non-hydrogen) atoms. The zero-order chi connectivity index (χ0) is 21.7. The van der Waals surface area contributed by atoms with Gasteiger partial charge in [0, 0.05) is 17.7 Å². The van der Waals surface area contributed by atoms with Crippen LogP contribution in [0.1, 0.15) is 23.1 Å². The maximum absolute atomic E-state index is 12.2. The van der Waals surface area contributed by atoms with Crippen LogP contribution in [0.15, 0.2) is 51.8 Å². The molecule has 9 nitrogen and oxygen atoms in total. The number of aliphatic hydroxyl groups excluding tert-OH is 1. The minimum absolute atomic E-state index is 0.0177. The van der Waals surface area contributed by atoms with Crippen LogP contribution in [0.5, 0.6) is 23.0 Å². The topological polar surface area (TPSA) is 125 Å². The van der Waals surface area contributed by atoms with E-state index in [1.54, 1.807) is 24.4 Å². The Bertz CT molecular complexity index is 1040. The first-order valence-corrected chi connectivity index (χ1v) is 9.02. The second-order valence-corrected chi connectivity index (χ2v) is 6.26. The molecular weight excluding hydrogens is 392 g/mol. The average Bonchev–Trinajstić information content (AvgIpc) is 2.79. The first-order valence-electron chi connectivity index (χ1n) is 9.02. The molecule has 0 spiro atoms. The highest BCUT2D eigenvalue weighted by molar-refractivity contribution is 5.57. The molecule has 0 bridgehead atoms. The van der Waals surface area contributed by atoms with Gasteiger partial charge in [0.05, 0.1) is 27.5 Å². The van der Waals surface area contributed by atoms with Crippen LogP contribution in [0.2, 0.25) is 0 Å². The van der Waals surface area contributed by atoms with Gasteiger partial charge in [-0.25, -0.2) is 4.98 Å². The smallest absolute Gasteiger partial charge is 0.273 e. The highest BCUT2D eigenvalue weighted by atomic mass is 16.5.